The zero-order chi connectivity index (χ0) is 86.4. The molecule has 0 aliphatic carbocycles. The van der Waals surface area contributed by atoms with E-state index in [0.29, 0.717) is 140 Å². The highest BCUT2D eigenvalue weighted by Gasteiger charge is 2.34. The van der Waals surface area contributed by atoms with Gasteiger partial charge in [0.1, 0.15) is 0 Å². The Kier molecular flexibility index (Phi) is 85.3. The van der Waals surface area contributed by atoms with Crippen LogP contribution in [0.2, 0.25) is 0 Å². The van der Waals surface area contributed by atoms with E-state index in [0.717, 1.165) is 141 Å². The van der Waals surface area contributed by atoms with Gasteiger partial charge >= 0.3 is 12.8 Å². The minimum Gasteiger partial charge on any atom is -0.481 e. The molecule has 17 nitrogen and oxygen atoms in total. The molecule has 16 atom stereocenters. The Balaban J connectivity index is 7.43. The summed E-state index contributed by atoms with van der Waals surface area (Å²) in [5.41, 5.74) is 0. The van der Waals surface area contributed by atoms with Crippen molar-refractivity contribution in [1.29, 1.82) is 0 Å². The highest BCUT2D eigenvalue weighted by atomic mass is 32.7. The lowest BCUT2D eigenvalue weighted by molar-refractivity contribution is -0.136. The molecule has 0 saturated carbocycles. The fraction of sp³-hybridized carbons (Fsp3) is 0.988. The predicted octanol–water partition coefficient (Wildman–Crippen LogP) is 34.4. The van der Waals surface area contributed by atoms with Crippen LogP contribution in [0.4, 0.5) is 0 Å². The standard InChI is InChI=1S/C85H177O17P7S7/c1-23-39-47-77(31-9)57-89-103(90-58-78(32-10)48-40-24-2)111-65-71(17)99-107(100-72(18)66-112-104(91-59-79(33-11)49-41-25-3)92-60-80(34-12)50-42-26-4)114-68-74(20)97-106(110-56-55-85(86)87)98-75(21)69-115-108(101-73(19)67-113-105(93-61-81(35-13)51-43-27-5)94-62-82(36-14)52-44-28-6)102-76(22)70-116-109(88,95-63-83(37-15)53-45-29-7)96-64-84(38-16)54-46-30-8/h71-84H,23-70H2,1-22H3,(H,86,87). The number of hydrogen-bond acceptors (Lipinski definition) is 23. The molecule has 696 valence electrons. The Labute approximate surface area is 751 Å². The summed E-state index contributed by atoms with van der Waals surface area (Å²) < 4.78 is 110. The summed E-state index contributed by atoms with van der Waals surface area (Å²) in [7, 11) is -8.44. The van der Waals surface area contributed by atoms with E-state index in [1.54, 1.807) is 56.9 Å². The van der Waals surface area contributed by atoms with Gasteiger partial charge in [0, 0.05) is 40.3 Å². The third-order valence-corrected chi connectivity index (χ3v) is 44.4. The van der Waals surface area contributed by atoms with Crippen LogP contribution in [-0.4, -0.2) is 141 Å². The van der Waals surface area contributed by atoms with E-state index < -0.39 is 58.2 Å². The Morgan fingerprint density at radius 3 is 0.672 bits per heavy atom. The van der Waals surface area contributed by atoms with Crippen molar-refractivity contribution in [2.75, 3.05) is 93.1 Å². The molecular weight excluding hydrogens is 1730 g/mol. The second kappa shape index (κ2) is 82.3. The molecule has 0 aromatic rings. The molecule has 0 heterocycles. The van der Waals surface area contributed by atoms with Crippen molar-refractivity contribution in [2.45, 2.75) is 401 Å². The monoisotopic (exact) mass is 1910 g/mol. The zero-order valence-electron chi connectivity index (χ0n) is 77.5. The van der Waals surface area contributed by atoms with Crippen LogP contribution < -0.4 is 0 Å². The van der Waals surface area contributed by atoms with E-state index in [2.05, 4.69) is 138 Å². The predicted molar refractivity (Wildman–Crippen MR) is 526 cm³/mol. The SMILES string of the molecule is CCCCC(CC)COP(OCC(CC)CCCC)SCC(C)OP(OC(C)CSP(OCC(CC)CCCC)OCC(CC)CCCC)SCC(C)OP(OC(C)CSP(OC(C)CSP(OCC(CC)CCCC)OCC(CC)CCCC)OC(C)CSP(=O)(OCC(CC)CCCC)OCC(CC)CCCC)SCCC(=O)O. The first-order valence-electron chi connectivity index (χ1n) is 46.1. The van der Waals surface area contributed by atoms with Gasteiger partial charge in [-0.25, -0.2) is 4.57 Å². The van der Waals surface area contributed by atoms with E-state index in [9.17, 15) is 14.5 Å². The van der Waals surface area contributed by atoms with E-state index in [1.807, 2.05) is 13.8 Å². The fourth-order valence-corrected chi connectivity index (χ4v) is 35.3. The summed E-state index contributed by atoms with van der Waals surface area (Å²) in [5, 5.41) is 9.93. The molecule has 0 spiro atoms. The van der Waals surface area contributed by atoms with Crippen LogP contribution in [0.15, 0.2) is 0 Å². The van der Waals surface area contributed by atoms with E-state index in [-0.39, 0.29) is 43.0 Å². The van der Waals surface area contributed by atoms with Crippen LogP contribution in [0.25, 0.3) is 0 Å². The molecule has 0 aliphatic rings. The highest BCUT2D eigenvalue weighted by molar-refractivity contribution is 8.55. The summed E-state index contributed by atoms with van der Waals surface area (Å²) in [5.74, 6) is 6.41. The quantitative estimate of drug-likeness (QED) is 0.0567. The average Bonchev–Trinajstić information content (AvgIpc) is 0.873. The third-order valence-electron chi connectivity index (χ3n) is 20.4. The highest BCUT2D eigenvalue weighted by Crippen LogP contribution is 2.65. The number of carboxylic acids is 1. The molecule has 0 amide bonds. The molecule has 116 heavy (non-hydrogen) atoms. The van der Waals surface area contributed by atoms with E-state index in [4.69, 9.17) is 63.3 Å². The normalized spacial score (nSPS) is 18.1. The van der Waals surface area contributed by atoms with Crippen molar-refractivity contribution in [3.8, 4) is 0 Å². The van der Waals surface area contributed by atoms with Gasteiger partial charge in [-0.15, -0.1) is 0 Å². The first-order chi connectivity index (χ1) is 55.9. The van der Waals surface area contributed by atoms with Crippen molar-refractivity contribution < 1.29 is 77.8 Å². The van der Waals surface area contributed by atoms with Crippen LogP contribution in [0.3, 0.4) is 0 Å². The molecule has 0 fully saturated rings. The second-order valence-corrected chi connectivity index (χ2v) is 55.0. The first kappa shape index (κ1) is 120. The Morgan fingerprint density at radius 2 is 0.474 bits per heavy atom. The minimum atomic E-state index is -3.59. The number of rotatable bonds is 90. The largest absolute Gasteiger partial charge is 0.481 e. The van der Waals surface area contributed by atoms with Crippen molar-refractivity contribution >= 4 is 138 Å². The number of aliphatic carboxylic acids is 1. The zero-order valence-corrected chi connectivity index (χ0v) is 89.5. The molecule has 0 aromatic carbocycles. The number of hydrogen-bond donors (Lipinski definition) is 1. The molecule has 0 aliphatic heterocycles. The van der Waals surface area contributed by atoms with Gasteiger partial charge in [0.25, 0.3) is 0 Å². The Hall–Kier alpha value is 4.17. The molecule has 0 radical (unpaired) electrons. The molecule has 0 saturated heterocycles. The van der Waals surface area contributed by atoms with Crippen molar-refractivity contribution in [2.24, 2.45) is 47.3 Å². The summed E-state index contributed by atoms with van der Waals surface area (Å²) in [4.78, 5) is 12.1. The molecule has 0 bridgehead atoms. The maximum atomic E-state index is 15.0. The molecular formula is C85H177O17P7S7. The van der Waals surface area contributed by atoms with E-state index >= 15 is 0 Å². The Bertz CT molecular complexity index is 2070. The van der Waals surface area contributed by atoms with Crippen LogP contribution in [-0.2, 0) is 72.7 Å². The summed E-state index contributed by atoms with van der Waals surface area (Å²) in [6.45, 7) is 49.8. The minimum absolute atomic E-state index is 0.0315. The maximum absolute atomic E-state index is 15.0. The second-order valence-electron chi connectivity index (χ2n) is 31.7. The summed E-state index contributed by atoms with van der Waals surface area (Å²) in [6, 6.07) is 0. The van der Waals surface area contributed by atoms with Crippen LogP contribution in [0.5, 0.6) is 0 Å². The lowest BCUT2D eigenvalue weighted by Gasteiger charge is -2.28. The number of unbranched alkanes of at least 4 members (excludes halogenated alkanes) is 8. The number of carboxylic acid groups (broad SMARTS) is 1. The van der Waals surface area contributed by atoms with Gasteiger partial charge in [0.15, 0.2) is 0 Å². The van der Waals surface area contributed by atoms with Crippen LogP contribution >= 0.6 is 132 Å². The molecule has 31 heteroatoms. The topological polar surface area (TPSA) is 184 Å². The van der Waals surface area contributed by atoms with Gasteiger partial charge in [0.05, 0.1) is 95.9 Å². The van der Waals surface area contributed by atoms with Gasteiger partial charge in [-0.05, 0) is 152 Å². The van der Waals surface area contributed by atoms with Gasteiger partial charge in [-0.2, -0.15) is 0 Å². The third kappa shape index (κ3) is 67.4. The van der Waals surface area contributed by atoms with Crippen molar-refractivity contribution in [3.05, 3.63) is 0 Å². The number of carbonyl (C=O) groups is 1. The van der Waals surface area contributed by atoms with E-state index in [1.165, 1.54) is 87.0 Å². The fourth-order valence-electron chi connectivity index (χ4n) is 11.6. The average molecular weight is 1910 g/mol. The van der Waals surface area contributed by atoms with Crippen molar-refractivity contribution in [3.63, 3.8) is 0 Å². The van der Waals surface area contributed by atoms with Gasteiger partial charge in [0.2, 0.25) is 45.5 Å². The lowest BCUT2D eigenvalue weighted by atomic mass is 10.0. The Morgan fingerprint density at radius 1 is 0.284 bits per heavy atom. The van der Waals surface area contributed by atoms with Crippen molar-refractivity contribution in [1.82, 2.24) is 0 Å². The van der Waals surface area contributed by atoms with Gasteiger partial charge in [-0.3, -0.25) is 4.79 Å². The molecule has 0 rings (SSSR count). The summed E-state index contributed by atoms with van der Waals surface area (Å²) >= 11 is 11.1. The van der Waals surface area contributed by atoms with Gasteiger partial charge < -0.3 is 68.4 Å². The molecule has 16 unspecified atom stereocenters. The van der Waals surface area contributed by atoms with Crippen LogP contribution in [0.1, 0.15) is 364 Å². The lowest BCUT2D eigenvalue weighted by Crippen LogP contribution is -2.16. The van der Waals surface area contributed by atoms with Gasteiger partial charge in [-0.1, -0.05) is 333 Å². The van der Waals surface area contributed by atoms with Crippen LogP contribution in [0, 0.1) is 47.3 Å². The maximum Gasteiger partial charge on any atom is 0.389 e. The first-order valence-corrected chi connectivity index (χ1v) is 65.8. The smallest absolute Gasteiger partial charge is 0.389 e. The molecule has 0 aromatic heterocycles. The summed E-state index contributed by atoms with van der Waals surface area (Å²) in [6.07, 6.45) is 34.2. The molecule has 1 N–H and O–H groups in total.